The van der Waals surface area contributed by atoms with Gasteiger partial charge in [0.2, 0.25) is 11.8 Å². The topological polar surface area (TPSA) is 71.5 Å². The molecule has 2 aliphatic rings. The third kappa shape index (κ3) is 3.77. The van der Waals surface area contributed by atoms with E-state index >= 15 is 0 Å². The number of pyridine rings is 1. The first-order chi connectivity index (χ1) is 14.1. The fraction of sp³-hybridized carbons (Fsp3) is 0.435. The molecule has 6 nitrogen and oxygen atoms in total. The summed E-state index contributed by atoms with van der Waals surface area (Å²) in [6.07, 6.45) is 6.61. The number of fused-ring (bicyclic) bond motifs is 2. The highest BCUT2D eigenvalue weighted by molar-refractivity contribution is 5.87. The lowest BCUT2D eigenvalue weighted by Gasteiger charge is -2.36. The van der Waals surface area contributed by atoms with Gasteiger partial charge in [-0.1, -0.05) is 36.4 Å². The number of ether oxygens (including phenoxy) is 1. The summed E-state index contributed by atoms with van der Waals surface area (Å²) >= 11 is 0. The smallest absolute Gasteiger partial charge is 0.249 e. The molecule has 1 aromatic carbocycles. The van der Waals surface area contributed by atoms with Gasteiger partial charge in [0.05, 0.1) is 5.41 Å². The molecule has 0 radical (unpaired) electrons. The second kappa shape index (κ2) is 8.33. The van der Waals surface area contributed by atoms with E-state index in [0.29, 0.717) is 19.4 Å². The molecule has 2 amide bonds. The van der Waals surface area contributed by atoms with Crippen molar-refractivity contribution in [3.63, 3.8) is 0 Å². The Bertz CT molecular complexity index is 858. The number of amides is 2. The molecule has 2 fully saturated rings. The minimum Gasteiger partial charge on any atom is -0.375 e. The van der Waals surface area contributed by atoms with Crippen molar-refractivity contribution in [3.8, 4) is 0 Å². The Morgan fingerprint density at radius 1 is 1.17 bits per heavy atom. The molecular weight excluding hydrogens is 366 g/mol. The number of hydrogen-bond acceptors (Lipinski definition) is 4. The zero-order valence-corrected chi connectivity index (χ0v) is 16.7. The van der Waals surface area contributed by atoms with Crippen molar-refractivity contribution in [3.05, 3.63) is 66.0 Å². The van der Waals surface area contributed by atoms with Gasteiger partial charge in [0.15, 0.2) is 0 Å². The van der Waals surface area contributed by atoms with Crippen molar-refractivity contribution in [2.45, 2.75) is 44.3 Å². The highest BCUT2D eigenvalue weighted by atomic mass is 16.5. The van der Waals surface area contributed by atoms with Gasteiger partial charge >= 0.3 is 0 Å². The highest BCUT2D eigenvalue weighted by Crippen LogP contribution is 2.51. The molecule has 0 aliphatic carbocycles. The van der Waals surface area contributed by atoms with E-state index in [9.17, 15) is 9.59 Å². The van der Waals surface area contributed by atoms with Gasteiger partial charge in [0.1, 0.15) is 6.61 Å². The van der Waals surface area contributed by atoms with E-state index in [1.54, 1.807) is 12.4 Å². The number of nitrogens with zero attached hydrogens (tertiary/aromatic N) is 2. The van der Waals surface area contributed by atoms with E-state index in [-0.39, 0.29) is 30.5 Å². The number of carbonyl (C=O) groups excluding carboxylic acids is 2. The molecule has 3 heterocycles. The molecule has 3 atom stereocenters. The van der Waals surface area contributed by atoms with Crippen LogP contribution >= 0.6 is 0 Å². The highest BCUT2D eigenvalue weighted by Gasteiger charge is 2.60. The van der Waals surface area contributed by atoms with Crippen LogP contribution < -0.4 is 5.32 Å². The predicted molar refractivity (Wildman–Crippen MR) is 109 cm³/mol. The van der Waals surface area contributed by atoms with Crippen LogP contribution in [0.4, 0.5) is 0 Å². The zero-order valence-electron chi connectivity index (χ0n) is 16.7. The maximum atomic E-state index is 13.6. The Kier molecular flexibility index (Phi) is 5.62. The maximum absolute atomic E-state index is 13.6. The normalized spacial score (nSPS) is 25.2. The zero-order chi connectivity index (χ0) is 20.3. The number of aromatic nitrogens is 1. The van der Waals surface area contributed by atoms with Crippen LogP contribution in [0.2, 0.25) is 0 Å². The summed E-state index contributed by atoms with van der Waals surface area (Å²) in [5.41, 5.74) is 1.47. The number of methoxy groups -OCH3 is 1. The lowest BCUT2D eigenvalue weighted by molar-refractivity contribution is -0.139. The van der Waals surface area contributed by atoms with Crippen molar-refractivity contribution in [2.75, 3.05) is 13.7 Å². The first-order valence-corrected chi connectivity index (χ1v) is 10.2. The van der Waals surface area contributed by atoms with Crippen LogP contribution in [0, 0.1) is 5.41 Å². The van der Waals surface area contributed by atoms with Gasteiger partial charge in [0, 0.05) is 38.1 Å². The molecular formula is C23H27N3O3. The van der Waals surface area contributed by atoms with Crippen LogP contribution in [0.15, 0.2) is 54.9 Å². The number of nitrogens with one attached hydrogen (secondary N) is 1. The van der Waals surface area contributed by atoms with E-state index in [0.717, 1.165) is 24.0 Å². The van der Waals surface area contributed by atoms with Crippen LogP contribution in [0.3, 0.4) is 0 Å². The average molecular weight is 393 g/mol. The molecule has 2 saturated heterocycles. The molecule has 2 bridgehead atoms. The van der Waals surface area contributed by atoms with Crippen LogP contribution in [0.1, 0.15) is 30.4 Å². The van der Waals surface area contributed by atoms with Crippen LogP contribution in [0.5, 0.6) is 0 Å². The molecule has 0 spiro atoms. The molecule has 1 aromatic heterocycles. The van der Waals surface area contributed by atoms with Gasteiger partial charge in [-0.25, -0.2) is 0 Å². The van der Waals surface area contributed by atoms with Gasteiger partial charge in [-0.3, -0.25) is 14.6 Å². The number of carbonyl (C=O) groups is 2. The predicted octanol–water partition coefficient (Wildman–Crippen LogP) is 2.34. The van der Waals surface area contributed by atoms with E-state index in [4.69, 9.17) is 4.74 Å². The molecule has 29 heavy (non-hydrogen) atoms. The monoisotopic (exact) mass is 393 g/mol. The Labute approximate surface area is 171 Å². The minimum absolute atomic E-state index is 0.0185. The molecule has 152 valence electrons. The number of rotatable bonds is 7. The summed E-state index contributed by atoms with van der Waals surface area (Å²) in [6.45, 7) is 0.498. The Morgan fingerprint density at radius 2 is 1.97 bits per heavy atom. The van der Waals surface area contributed by atoms with Gasteiger partial charge in [0.25, 0.3) is 0 Å². The van der Waals surface area contributed by atoms with Crippen LogP contribution in [-0.4, -0.2) is 47.5 Å². The first-order valence-electron chi connectivity index (χ1n) is 10.2. The molecule has 1 N–H and O–H groups in total. The second-order valence-electron chi connectivity index (χ2n) is 8.05. The van der Waals surface area contributed by atoms with Gasteiger partial charge in [-0.2, -0.15) is 0 Å². The maximum Gasteiger partial charge on any atom is 0.249 e. The SMILES string of the molecule is COCC(=O)N1[C@H]2CC[C@@H]1[C@](Cc1ccccc1)(C(=O)NCc1cccnc1)C2. The van der Waals surface area contributed by atoms with Crippen LogP contribution in [-0.2, 0) is 27.3 Å². The summed E-state index contributed by atoms with van der Waals surface area (Å²) in [7, 11) is 1.54. The van der Waals surface area contributed by atoms with Crippen molar-refractivity contribution in [1.82, 2.24) is 15.2 Å². The van der Waals surface area contributed by atoms with Gasteiger partial charge in [-0.05, 0) is 42.9 Å². The van der Waals surface area contributed by atoms with Crippen molar-refractivity contribution in [2.24, 2.45) is 5.41 Å². The molecule has 2 aromatic rings. The third-order valence-electron chi connectivity index (χ3n) is 6.29. The fourth-order valence-corrected chi connectivity index (χ4v) is 5.09. The molecule has 6 heteroatoms. The second-order valence-corrected chi connectivity index (χ2v) is 8.05. The number of benzene rings is 1. The fourth-order valence-electron chi connectivity index (χ4n) is 5.09. The van der Waals surface area contributed by atoms with E-state index < -0.39 is 5.41 Å². The average Bonchev–Trinajstić information content (AvgIpc) is 3.30. The minimum atomic E-state index is -0.615. The lowest BCUT2D eigenvalue weighted by Crippen LogP contribution is -2.51. The van der Waals surface area contributed by atoms with Crippen molar-refractivity contribution < 1.29 is 14.3 Å². The van der Waals surface area contributed by atoms with Gasteiger partial charge < -0.3 is 15.0 Å². The van der Waals surface area contributed by atoms with Crippen molar-refractivity contribution in [1.29, 1.82) is 0 Å². The lowest BCUT2D eigenvalue weighted by atomic mass is 9.69. The summed E-state index contributed by atoms with van der Waals surface area (Å²) in [4.78, 5) is 32.3. The third-order valence-corrected chi connectivity index (χ3v) is 6.29. The Balaban J connectivity index is 1.60. The molecule has 2 aliphatic heterocycles. The first kappa shape index (κ1) is 19.6. The summed E-state index contributed by atoms with van der Waals surface area (Å²) < 4.78 is 5.09. The van der Waals surface area contributed by atoms with Crippen LogP contribution in [0.25, 0.3) is 0 Å². The molecule has 0 unspecified atom stereocenters. The van der Waals surface area contributed by atoms with E-state index in [2.05, 4.69) is 22.4 Å². The number of hydrogen-bond donors (Lipinski definition) is 1. The van der Waals surface area contributed by atoms with E-state index in [1.165, 1.54) is 7.11 Å². The quantitative estimate of drug-likeness (QED) is 0.784. The molecule has 0 saturated carbocycles. The van der Waals surface area contributed by atoms with Crippen molar-refractivity contribution >= 4 is 11.8 Å². The Morgan fingerprint density at radius 3 is 2.69 bits per heavy atom. The summed E-state index contributed by atoms with van der Waals surface area (Å²) in [5, 5.41) is 3.13. The van der Waals surface area contributed by atoms with E-state index in [1.807, 2.05) is 35.2 Å². The molecule has 4 rings (SSSR count). The summed E-state index contributed by atoms with van der Waals surface area (Å²) in [6, 6.07) is 13.9. The Hall–Kier alpha value is -2.73. The largest absolute Gasteiger partial charge is 0.375 e. The standard InChI is InChI=1S/C23H27N3O3/c1-29-16-21(27)26-19-9-10-20(26)23(13-19,12-17-6-3-2-4-7-17)22(28)25-15-18-8-5-11-24-14-18/h2-8,11,14,19-20H,9-10,12-13,15-16H2,1H3,(H,25,28)/t19-,20+,23+/m0/s1. The summed E-state index contributed by atoms with van der Waals surface area (Å²) in [5.74, 6) is 0.00243. The van der Waals surface area contributed by atoms with Gasteiger partial charge in [-0.15, -0.1) is 0 Å².